The van der Waals surface area contributed by atoms with Crippen LogP contribution in [0, 0.1) is 13.8 Å². The number of aromatic nitrogens is 2. The van der Waals surface area contributed by atoms with Gasteiger partial charge in [0.1, 0.15) is 5.60 Å². The van der Waals surface area contributed by atoms with Crippen molar-refractivity contribution in [3.8, 4) is 0 Å². The van der Waals surface area contributed by atoms with Gasteiger partial charge in [-0.25, -0.2) is 17.9 Å². The zero-order valence-corrected chi connectivity index (χ0v) is 27.2. The molecule has 0 aliphatic rings. The van der Waals surface area contributed by atoms with Gasteiger partial charge in [-0.2, -0.15) is 0 Å². The number of fused-ring (bicyclic) bond motifs is 1. The van der Waals surface area contributed by atoms with E-state index in [1.165, 1.54) is 0 Å². The lowest BCUT2D eigenvalue weighted by Crippen LogP contribution is -2.38. The third-order valence-electron chi connectivity index (χ3n) is 7.45. The molecular formula is C36H40N4O4S. The average Bonchev–Trinajstić information content (AvgIpc) is 3.29. The van der Waals surface area contributed by atoms with E-state index in [-0.39, 0.29) is 11.4 Å². The molecule has 1 N–H and O–H groups in total. The topological polar surface area (TPSA) is 94.7 Å². The minimum Gasteiger partial charge on any atom is -0.442 e. The summed E-state index contributed by atoms with van der Waals surface area (Å²) in [5, 5.41) is 0. The Kier molecular flexibility index (Phi) is 9.41. The van der Waals surface area contributed by atoms with Gasteiger partial charge in [0.15, 0.2) is 0 Å². The van der Waals surface area contributed by atoms with Crippen LogP contribution in [0.25, 0.3) is 11.0 Å². The number of aryl methyl sites for hydroxylation is 2. The standard InChI is InChI=1S/C36H40N4O4S/c1-26-15-19-28(20-16-26)23-30(24-37-45(42,43)31-11-7-6-8-12-31)40-33-14-10-9-13-32(33)39(25-29-21-17-27(2)18-22-29)34(40)38-35(41)44-36(3,4)5/h6-22,30,37H,23-25H2,1-5H3. The van der Waals surface area contributed by atoms with E-state index in [9.17, 15) is 13.2 Å². The molecule has 1 aromatic heterocycles. The SMILES string of the molecule is Cc1ccc(CC(CNS(=O)(=O)c2ccccc2)n2c(=NC(=O)OC(C)(C)C)n(Cc3ccc(C)cc3)c3ccccc32)cc1. The Bertz CT molecular complexity index is 1950. The molecule has 4 aromatic carbocycles. The Balaban J connectivity index is 1.70. The number of imidazole rings is 1. The summed E-state index contributed by atoms with van der Waals surface area (Å²) in [4.78, 5) is 18.0. The lowest BCUT2D eigenvalue weighted by Gasteiger charge is -2.22. The first-order valence-corrected chi connectivity index (χ1v) is 16.5. The van der Waals surface area contributed by atoms with Crippen molar-refractivity contribution >= 4 is 27.1 Å². The molecule has 0 fully saturated rings. The third kappa shape index (κ3) is 7.98. The van der Waals surface area contributed by atoms with E-state index >= 15 is 0 Å². The number of ether oxygens (including phenoxy) is 1. The zero-order chi connectivity index (χ0) is 32.2. The van der Waals surface area contributed by atoms with Crippen molar-refractivity contribution in [2.45, 2.75) is 64.1 Å². The van der Waals surface area contributed by atoms with Crippen molar-refractivity contribution in [1.29, 1.82) is 0 Å². The fourth-order valence-electron chi connectivity index (χ4n) is 5.25. The molecule has 0 saturated carbocycles. The lowest BCUT2D eigenvalue weighted by atomic mass is 10.0. The first-order chi connectivity index (χ1) is 21.4. The number of nitrogens with one attached hydrogen (secondary N) is 1. The number of carbonyl (C=O) groups is 1. The number of hydrogen-bond acceptors (Lipinski definition) is 4. The molecular weight excluding hydrogens is 584 g/mol. The van der Waals surface area contributed by atoms with Gasteiger partial charge in [0.2, 0.25) is 15.6 Å². The van der Waals surface area contributed by atoms with Crippen LogP contribution in [0.1, 0.15) is 49.1 Å². The quantitative estimate of drug-likeness (QED) is 0.197. The summed E-state index contributed by atoms with van der Waals surface area (Å²) in [7, 11) is -3.81. The number of sulfonamides is 1. The number of benzene rings is 4. The monoisotopic (exact) mass is 624 g/mol. The number of hydrogen-bond donors (Lipinski definition) is 1. The predicted molar refractivity (Wildman–Crippen MR) is 178 cm³/mol. The van der Waals surface area contributed by atoms with E-state index in [0.717, 1.165) is 33.3 Å². The number of carbonyl (C=O) groups excluding carboxylic acids is 1. The maximum absolute atomic E-state index is 13.4. The largest absolute Gasteiger partial charge is 0.442 e. The van der Waals surface area contributed by atoms with Gasteiger partial charge in [-0.15, -0.1) is 4.99 Å². The molecule has 1 unspecified atom stereocenters. The first kappa shape index (κ1) is 31.9. The zero-order valence-electron chi connectivity index (χ0n) is 26.4. The fraction of sp³-hybridized carbons (Fsp3) is 0.278. The lowest BCUT2D eigenvalue weighted by molar-refractivity contribution is 0.0593. The van der Waals surface area contributed by atoms with Gasteiger partial charge in [0, 0.05) is 6.54 Å². The number of amides is 1. The Labute approximate surface area is 265 Å². The van der Waals surface area contributed by atoms with Gasteiger partial charge in [0.25, 0.3) is 0 Å². The van der Waals surface area contributed by atoms with Gasteiger partial charge in [-0.1, -0.05) is 90.0 Å². The van der Waals surface area contributed by atoms with Crippen molar-refractivity contribution in [3.05, 3.63) is 131 Å². The highest BCUT2D eigenvalue weighted by atomic mass is 32.2. The summed E-state index contributed by atoms with van der Waals surface area (Å²) in [6.45, 7) is 9.98. The van der Waals surface area contributed by atoms with Gasteiger partial charge >= 0.3 is 6.09 Å². The Hall–Kier alpha value is -4.47. The van der Waals surface area contributed by atoms with Crippen LogP contribution in [0.4, 0.5) is 4.79 Å². The van der Waals surface area contributed by atoms with Crippen LogP contribution in [0.3, 0.4) is 0 Å². The summed E-state index contributed by atoms with van der Waals surface area (Å²) in [6, 6.07) is 32.1. The highest BCUT2D eigenvalue weighted by molar-refractivity contribution is 7.89. The molecule has 1 amide bonds. The van der Waals surface area contributed by atoms with Crippen LogP contribution in [0.15, 0.2) is 113 Å². The van der Waals surface area contributed by atoms with Crippen molar-refractivity contribution in [2.75, 3.05) is 6.54 Å². The van der Waals surface area contributed by atoms with Crippen LogP contribution in [-0.4, -0.2) is 35.8 Å². The van der Waals surface area contributed by atoms with Crippen molar-refractivity contribution in [2.24, 2.45) is 4.99 Å². The fourth-order valence-corrected chi connectivity index (χ4v) is 6.35. The summed E-state index contributed by atoms with van der Waals surface area (Å²) < 4.78 is 39.3. The molecule has 1 atom stereocenters. The highest BCUT2D eigenvalue weighted by Crippen LogP contribution is 2.23. The molecule has 0 aliphatic carbocycles. The van der Waals surface area contributed by atoms with Crippen LogP contribution in [0.2, 0.25) is 0 Å². The van der Waals surface area contributed by atoms with Gasteiger partial charge in [-0.3, -0.25) is 0 Å². The summed E-state index contributed by atoms with van der Waals surface area (Å²) in [5.41, 5.74) is 5.65. The minimum atomic E-state index is -3.81. The maximum atomic E-state index is 13.4. The Morgan fingerprint density at radius 2 is 1.36 bits per heavy atom. The van der Waals surface area contributed by atoms with E-state index in [1.807, 2.05) is 71.5 Å². The minimum absolute atomic E-state index is 0.0607. The highest BCUT2D eigenvalue weighted by Gasteiger charge is 2.25. The van der Waals surface area contributed by atoms with Crippen LogP contribution < -0.4 is 10.3 Å². The van der Waals surface area contributed by atoms with E-state index in [4.69, 9.17) is 4.74 Å². The van der Waals surface area contributed by atoms with E-state index < -0.39 is 27.8 Å². The molecule has 5 rings (SSSR count). The molecule has 234 valence electrons. The van der Waals surface area contributed by atoms with Crippen molar-refractivity contribution in [3.63, 3.8) is 0 Å². The molecule has 5 aromatic rings. The molecule has 0 saturated heterocycles. The van der Waals surface area contributed by atoms with Crippen molar-refractivity contribution in [1.82, 2.24) is 13.9 Å². The Morgan fingerprint density at radius 1 is 0.800 bits per heavy atom. The van der Waals surface area contributed by atoms with Crippen molar-refractivity contribution < 1.29 is 17.9 Å². The Morgan fingerprint density at radius 3 is 1.96 bits per heavy atom. The molecule has 0 radical (unpaired) electrons. The second-order valence-corrected chi connectivity index (χ2v) is 14.1. The summed E-state index contributed by atoms with van der Waals surface area (Å²) in [6.07, 6.45) is -0.236. The number of para-hydroxylation sites is 2. The van der Waals surface area contributed by atoms with Gasteiger partial charge < -0.3 is 13.9 Å². The smallest absolute Gasteiger partial charge is 0.437 e. The number of rotatable bonds is 9. The second-order valence-electron chi connectivity index (χ2n) is 12.3. The van der Waals surface area contributed by atoms with E-state index in [1.54, 1.807) is 51.1 Å². The molecule has 0 spiro atoms. The maximum Gasteiger partial charge on any atom is 0.437 e. The molecule has 1 heterocycles. The van der Waals surface area contributed by atoms with Crippen LogP contribution in [-0.2, 0) is 27.7 Å². The second kappa shape index (κ2) is 13.3. The normalized spacial score (nSPS) is 13.2. The van der Waals surface area contributed by atoms with Gasteiger partial charge in [-0.05, 0) is 76.4 Å². The van der Waals surface area contributed by atoms with Crippen LogP contribution >= 0.6 is 0 Å². The van der Waals surface area contributed by atoms with Gasteiger partial charge in [0.05, 0.1) is 28.5 Å². The molecule has 0 bridgehead atoms. The third-order valence-corrected chi connectivity index (χ3v) is 8.89. The summed E-state index contributed by atoms with van der Waals surface area (Å²) in [5.74, 6) is 0. The summed E-state index contributed by atoms with van der Waals surface area (Å²) >= 11 is 0. The van der Waals surface area contributed by atoms with E-state index in [2.05, 4.69) is 34.0 Å². The number of nitrogens with zero attached hydrogens (tertiary/aromatic N) is 3. The molecule has 9 heteroatoms. The average molecular weight is 625 g/mol. The predicted octanol–water partition coefficient (Wildman–Crippen LogP) is 6.71. The van der Waals surface area contributed by atoms with Crippen LogP contribution in [0.5, 0.6) is 0 Å². The molecule has 45 heavy (non-hydrogen) atoms. The molecule has 8 nitrogen and oxygen atoms in total. The van der Waals surface area contributed by atoms with E-state index in [0.29, 0.717) is 18.6 Å². The first-order valence-electron chi connectivity index (χ1n) is 15.0. The molecule has 0 aliphatic heterocycles.